The first-order chi connectivity index (χ1) is 4.38. The Morgan fingerprint density at radius 2 is 2.67 bits per heavy atom. The highest BCUT2D eigenvalue weighted by Crippen LogP contribution is 2.06. The van der Waals surface area contributed by atoms with Crippen LogP contribution in [0.2, 0.25) is 0 Å². The molecule has 0 saturated carbocycles. The van der Waals surface area contributed by atoms with Crippen LogP contribution in [0.15, 0.2) is 12.4 Å². The molecule has 0 aliphatic heterocycles. The van der Waals surface area contributed by atoms with E-state index in [1.165, 1.54) is 0 Å². The molecule has 3 nitrogen and oxygen atoms in total. The van der Waals surface area contributed by atoms with Gasteiger partial charge in [0, 0.05) is 0 Å². The molecule has 0 aliphatic carbocycles. The summed E-state index contributed by atoms with van der Waals surface area (Å²) in [5.74, 6) is 0.470. The van der Waals surface area contributed by atoms with E-state index in [9.17, 15) is 0 Å². The van der Waals surface area contributed by atoms with Gasteiger partial charge >= 0.3 is 5.95 Å². The van der Waals surface area contributed by atoms with Crippen molar-refractivity contribution in [1.29, 1.82) is 0 Å². The molecule has 1 aromatic heterocycles. The van der Waals surface area contributed by atoms with Crippen molar-refractivity contribution >= 4 is 5.95 Å². The van der Waals surface area contributed by atoms with Crippen molar-refractivity contribution < 1.29 is 0 Å². The van der Waals surface area contributed by atoms with Crippen LogP contribution in [0.25, 0.3) is 4.85 Å². The Morgan fingerprint density at radius 3 is 3.11 bits per heavy atom. The van der Waals surface area contributed by atoms with Gasteiger partial charge in [0.1, 0.15) is 6.20 Å². The number of nitrogens with zero attached hydrogens (tertiary/aromatic N) is 3. The van der Waals surface area contributed by atoms with Crippen LogP contribution in [-0.4, -0.2) is 9.55 Å². The zero-order chi connectivity index (χ0) is 6.69. The molecular weight excluding hydrogens is 114 g/mol. The smallest absolute Gasteiger partial charge is 0.338 e. The largest absolute Gasteiger partial charge is 0.397 e. The summed E-state index contributed by atoms with van der Waals surface area (Å²) in [4.78, 5) is 7.02. The Labute approximate surface area is 53.8 Å². The van der Waals surface area contributed by atoms with Crippen molar-refractivity contribution in [1.82, 2.24) is 9.55 Å². The minimum atomic E-state index is 0.470. The van der Waals surface area contributed by atoms with Gasteiger partial charge in [-0.2, -0.15) is 4.98 Å². The lowest BCUT2D eigenvalue weighted by Gasteiger charge is -1.92. The summed E-state index contributed by atoms with van der Waals surface area (Å²) in [5, 5.41) is 0. The number of aromatic nitrogens is 2. The van der Waals surface area contributed by atoms with Crippen LogP contribution in [-0.2, 0) is 6.54 Å². The van der Waals surface area contributed by atoms with Crippen LogP contribution in [0.5, 0.6) is 0 Å². The first-order valence-electron chi connectivity index (χ1n) is 2.77. The molecule has 9 heavy (non-hydrogen) atoms. The molecule has 0 aliphatic rings. The lowest BCUT2D eigenvalue weighted by molar-refractivity contribution is 0.778. The molecule has 0 unspecified atom stereocenters. The van der Waals surface area contributed by atoms with Crippen molar-refractivity contribution in [3.05, 3.63) is 23.8 Å². The Morgan fingerprint density at radius 1 is 1.89 bits per heavy atom. The van der Waals surface area contributed by atoms with Crippen LogP contribution in [0.4, 0.5) is 5.95 Å². The molecule has 0 N–H and O–H groups in total. The number of imidazole rings is 1. The fourth-order valence-electron chi connectivity index (χ4n) is 0.661. The highest BCUT2D eigenvalue weighted by atomic mass is 15.1. The van der Waals surface area contributed by atoms with Gasteiger partial charge in [0.2, 0.25) is 0 Å². The summed E-state index contributed by atoms with van der Waals surface area (Å²) >= 11 is 0. The zero-order valence-corrected chi connectivity index (χ0v) is 5.20. The first-order valence-corrected chi connectivity index (χ1v) is 2.77. The van der Waals surface area contributed by atoms with Gasteiger partial charge in [0.05, 0.1) is 12.7 Å². The molecule has 0 atom stereocenters. The van der Waals surface area contributed by atoms with Crippen LogP contribution in [0, 0.1) is 6.57 Å². The lowest BCUT2D eigenvalue weighted by Crippen LogP contribution is -1.88. The molecule has 0 saturated heterocycles. The van der Waals surface area contributed by atoms with Crippen molar-refractivity contribution in [3.63, 3.8) is 0 Å². The van der Waals surface area contributed by atoms with E-state index in [1.54, 1.807) is 17.0 Å². The summed E-state index contributed by atoms with van der Waals surface area (Å²) in [7, 11) is 0. The molecule has 1 aromatic rings. The number of rotatable bonds is 1. The molecule has 0 radical (unpaired) electrons. The average Bonchev–Trinajstić information content (AvgIpc) is 2.33. The monoisotopic (exact) mass is 121 g/mol. The predicted molar refractivity (Wildman–Crippen MR) is 34.2 cm³/mol. The average molecular weight is 121 g/mol. The van der Waals surface area contributed by atoms with E-state index >= 15 is 0 Å². The molecular formula is C6H7N3. The molecule has 0 fully saturated rings. The Kier molecular flexibility index (Phi) is 1.50. The van der Waals surface area contributed by atoms with Crippen LogP contribution in [0.3, 0.4) is 0 Å². The topological polar surface area (TPSA) is 22.2 Å². The van der Waals surface area contributed by atoms with E-state index in [0.29, 0.717) is 5.95 Å². The van der Waals surface area contributed by atoms with E-state index in [4.69, 9.17) is 6.57 Å². The predicted octanol–water partition coefficient (Wildman–Crippen LogP) is 1.45. The quantitative estimate of drug-likeness (QED) is 0.515. The molecule has 1 heterocycles. The maximum Gasteiger partial charge on any atom is 0.338 e. The standard InChI is InChI=1S/C6H7N3/c1-3-9-5-4-8-6(9)7-2/h4-5H,3H2,1H3. The summed E-state index contributed by atoms with van der Waals surface area (Å²) in [6, 6.07) is 0. The Bertz CT molecular complexity index is 231. The van der Waals surface area contributed by atoms with Crippen molar-refractivity contribution in [2.45, 2.75) is 13.5 Å². The van der Waals surface area contributed by atoms with Crippen molar-refractivity contribution in [3.8, 4) is 0 Å². The summed E-state index contributed by atoms with van der Waals surface area (Å²) < 4.78 is 1.80. The van der Waals surface area contributed by atoms with Gasteiger partial charge in [-0.15, -0.1) is 6.57 Å². The van der Waals surface area contributed by atoms with Crippen LogP contribution in [0.1, 0.15) is 6.92 Å². The van der Waals surface area contributed by atoms with Gasteiger partial charge in [-0.25, -0.2) is 0 Å². The molecule has 0 amide bonds. The summed E-state index contributed by atoms with van der Waals surface area (Å²) in [6.07, 6.45) is 3.43. The number of hydrogen-bond acceptors (Lipinski definition) is 1. The second kappa shape index (κ2) is 2.31. The second-order valence-corrected chi connectivity index (χ2v) is 1.63. The minimum Gasteiger partial charge on any atom is -0.397 e. The third-order valence-corrected chi connectivity index (χ3v) is 1.13. The maximum atomic E-state index is 6.65. The van der Waals surface area contributed by atoms with Gasteiger partial charge in [0.25, 0.3) is 0 Å². The van der Waals surface area contributed by atoms with Crippen molar-refractivity contribution in [2.24, 2.45) is 0 Å². The third kappa shape index (κ3) is 0.918. The van der Waals surface area contributed by atoms with E-state index in [0.717, 1.165) is 6.54 Å². The zero-order valence-electron chi connectivity index (χ0n) is 5.20. The molecule has 0 spiro atoms. The van der Waals surface area contributed by atoms with Gasteiger partial charge < -0.3 is 4.85 Å². The fourth-order valence-corrected chi connectivity index (χ4v) is 0.661. The fraction of sp³-hybridized carbons (Fsp3) is 0.333. The minimum absolute atomic E-state index is 0.470. The third-order valence-electron chi connectivity index (χ3n) is 1.13. The molecule has 46 valence electrons. The molecule has 3 heteroatoms. The SMILES string of the molecule is [C-]#[N+]c1nccn1CC. The summed E-state index contributed by atoms with van der Waals surface area (Å²) in [5.41, 5.74) is 0. The first kappa shape index (κ1) is 5.83. The van der Waals surface area contributed by atoms with Gasteiger partial charge in [-0.05, 0) is 6.92 Å². The number of aryl methyl sites for hydroxylation is 1. The van der Waals surface area contributed by atoms with Gasteiger partial charge in [-0.1, -0.05) is 0 Å². The normalized spacial score (nSPS) is 8.89. The van der Waals surface area contributed by atoms with Crippen LogP contribution >= 0.6 is 0 Å². The second-order valence-electron chi connectivity index (χ2n) is 1.63. The van der Waals surface area contributed by atoms with Gasteiger partial charge in [0.15, 0.2) is 0 Å². The van der Waals surface area contributed by atoms with Crippen LogP contribution < -0.4 is 0 Å². The van der Waals surface area contributed by atoms with E-state index in [-0.39, 0.29) is 0 Å². The highest BCUT2D eigenvalue weighted by Gasteiger charge is 1.96. The molecule has 1 rings (SSSR count). The van der Waals surface area contributed by atoms with E-state index in [1.807, 2.05) is 6.92 Å². The number of hydrogen-bond donors (Lipinski definition) is 0. The maximum absolute atomic E-state index is 6.65. The van der Waals surface area contributed by atoms with Crippen molar-refractivity contribution in [2.75, 3.05) is 0 Å². The molecule has 0 bridgehead atoms. The Hall–Kier alpha value is -1.30. The Balaban J connectivity index is 3.02. The highest BCUT2D eigenvalue weighted by molar-refractivity contribution is 5.25. The van der Waals surface area contributed by atoms with E-state index in [2.05, 4.69) is 9.83 Å². The summed E-state index contributed by atoms with van der Waals surface area (Å²) in [6.45, 7) is 9.45. The molecule has 0 aromatic carbocycles. The van der Waals surface area contributed by atoms with Gasteiger partial charge in [-0.3, -0.25) is 4.57 Å². The van der Waals surface area contributed by atoms with E-state index < -0.39 is 0 Å². The lowest BCUT2D eigenvalue weighted by atomic mass is 10.7.